The zero-order chi connectivity index (χ0) is 21.3. The van der Waals surface area contributed by atoms with Gasteiger partial charge >= 0.3 is 6.09 Å². The van der Waals surface area contributed by atoms with Crippen molar-refractivity contribution in [2.45, 2.75) is 51.2 Å². The SMILES string of the molecule is CC(C)NC(=O)OC1CCC(c2cc(Nc3nccn4nc(C(N)=O)cc34)n[nH]2)C1. The zero-order valence-corrected chi connectivity index (χ0v) is 16.8. The molecular weight excluding hydrogens is 388 g/mol. The Hall–Kier alpha value is -3.63. The van der Waals surface area contributed by atoms with E-state index < -0.39 is 5.91 Å². The molecule has 0 aliphatic heterocycles. The number of hydrogen-bond donors (Lipinski definition) is 4. The fourth-order valence-corrected chi connectivity index (χ4v) is 3.62. The Bertz CT molecular complexity index is 1070. The maximum Gasteiger partial charge on any atom is 0.407 e. The van der Waals surface area contributed by atoms with Crippen LogP contribution in [-0.2, 0) is 4.74 Å². The van der Waals surface area contributed by atoms with E-state index in [1.807, 2.05) is 19.9 Å². The molecule has 158 valence electrons. The van der Waals surface area contributed by atoms with Gasteiger partial charge in [-0.15, -0.1) is 0 Å². The van der Waals surface area contributed by atoms with Crippen molar-refractivity contribution in [2.24, 2.45) is 5.73 Å². The van der Waals surface area contributed by atoms with E-state index in [1.54, 1.807) is 18.5 Å². The van der Waals surface area contributed by atoms with E-state index in [0.29, 0.717) is 17.2 Å². The number of aromatic amines is 1. The standard InChI is InChI=1S/C19H24N8O3/c1-10(2)22-19(29)30-12-4-3-11(7-12)13-9-16(25-24-13)23-18-15-8-14(17(20)28)26-27(15)6-5-21-18/h5-6,8-12H,3-4,7H2,1-2H3,(H2,20,28)(H,22,29)(H2,21,23,24,25). The first-order valence-corrected chi connectivity index (χ1v) is 9.82. The lowest BCUT2D eigenvalue weighted by molar-refractivity contribution is 0.0977. The second kappa shape index (κ2) is 8.01. The number of hydrogen-bond acceptors (Lipinski definition) is 7. The predicted molar refractivity (Wildman–Crippen MR) is 109 cm³/mol. The van der Waals surface area contributed by atoms with Crippen molar-refractivity contribution in [1.82, 2.24) is 30.1 Å². The molecule has 3 aromatic heterocycles. The molecule has 1 fully saturated rings. The van der Waals surface area contributed by atoms with Crippen LogP contribution >= 0.6 is 0 Å². The molecule has 2 amide bonds. The molecular formula is C19H24N8O3. The third-order valence-corrected chi connectivity index (χ3v) is 4.99. The minimum absolute atomic E-state index is 0.0452. The largest absolute Gasteiger partial charge is 0.446 e. The Morgan fingerprint density at radius 2 is 2.17 bits per heavy atom. The van der Waals surface area contributed by atoms with Crippen molar-refractivity contribution >= 4 is 29.2 Å². The zero-order valence-electron chi connectivity index (χ0n) is 16.8. The molecule has 0 saturated heterocycles. The summed E-state index contributed by atoms with van der Waals surface area (Å²) in [5.41, 5.74) is 7.05. The molecule has 1 aliphatic rings. The van der Waals surface area contributed by atoms with Gasteiger partial charge in [0.15, 0.2) is 17.3 Å². The molecule has 4 rings (SSSR count). The van der Waals surface area contributed by atoms with E-state index in [4.69, 9.17) is 10.5 Å². The summed E-state index contributed by atoms with van der Waals surface area (Å²) in [6.07, 6.45) is 5.18. The average molecular weight is 412 g/mol. The average Bonchev–Trinajstić information content (AvgIpc) is 3.39. The quantitative estimate of drug-likeness (QED) is 0.483. The molecule has 5 N–H and O–H groups in total. The van der Waals surface area contributed by atoms with Crippen LogP contribution in [0.25, 0.3) is 5.52 Å². The Labute approximate surface area is 172 Å². The number of anilines is 2. The van der Waals surface area contributed by atoms with Gasteiger partial charge < -0.3 is 21.1 Å². The highest BCUT2D eigenvalue weighted by Crippen LogP contribution is 2.36. The molecule has 3 heterocycles. The first-order valence-electron chi connectivity index (χ1n) is 9.82. The topological polar surface area (TPSA) is 152 Å². The number of carbonyl (C=O) groups is 2. The van der Waals surface area contributed by atoms with E-state index in [1.165, 1.54) is 4.52 Å². The summed E-state index contributed by atoms with van der Waals surface area (Å²) >= 11 is 0. The van der Waals surface area contributed by atoms with Gasteiger partial charge in [0.05, 0.1) is 0 Å². The molecule has 2 atom stereocenters. The Balaban J connectivity index is 1.42. The molecule has 11 heteroatoms. The van der Waals surface area contributed by atoms with E-state index in [9.17, 15) is 9.59 Å². The summed E-state index contributed by atoms with van der Waals surface area (Å²) in [5, 5.41) is 17.4. The van der Waals surface area contributed by atoms with Crippen LogP contribution in [0.1, 0.15) is 55.2 Å². The molecule has 2 unspecified atom stereocenters. The molecule has 0 aromatic carbocycles. The number of amides is 2. The van der Waals surface area contributed by atoms with Gasteiger partial charge in [0, 0.05) is 42.2 Å². The van der Waals surface area contributed by atoms with Crippen LogP contribution in [0.3, 0.4) is 0 Å². The van der Waals surface area contributed by atoms with Crippen molar-refractivity contribution < 1.29 is 14.3 Å². The number of rotatable bonds is 6. The molecule has 1 saturated carbocycles. The minimum atomic E-state index is -0.605. The number of ether oxygens (including phenoxy) is 1. The number of fused-ring (bicyclic) bond motifs is 1. The van der Waals surface area contributed by atoms with Crippen LogP contribution in [0.2, 0.25) is 0 Å². The van der Waals surface area contributed by atoms with Gasteiger partial charge in [-0.1, -0.05) is 0 Å². The molecule has 3 aromatic rings. The van der Waals surface area contributed by atoms with Crippen LogP contribution in [0.4, 0.5) is 16.4 Å². The van der Waals surface area contributed by atoms with Crippen LogP contribution in [-0.4, -0.2) is 48.9 Å². The lowest BCUT2D eigenvalue weighted by Gasteiger charge is -2.14. The van der Waals surface area contributed by atoms with Crippen molar-refractivity contribution in [3.05, 3.63) is 35.9 Å². The molecule has 30 heavy (non-hydrogen) atoms. The van der Waals surface area contributed by atoms with Crippen molar-refractivity contribution in [3.63, 3.8) is 0 Å². The van der Waals surface area contributed by atoms with Crippen molar-refractivity contribution in [2.75, 3.05) is 5.32 Å². The molecule has 0 bridgehead atoms. The summed E-state index contributed by atoms with van der Waals surface area (Å²) in [6.45, 7) is 3.79. The fourth-order valence-electron chi connectivity index (χ4n) is 3.62. The van der Waals surface area contributed by atoms with Gasteiger partial charge in [-0.3, -0.25) is 9.89 Å². The number of carbonyl (C=O) groups excluding carboxylic acids is 2. The smallest absolute Gasteiger partial charge is 0.407 e. The number of H-pyrrole nitrogens is 1. The van der Waals surface area contributed by atoms with Gasteiger partial charge in [-0.25, -0.2) is 14.3 Å². The number of nitrogens with two attached hydrogens (primary N) is 1. The van der Waals surface area contributed by atoms with Gasteiger partial charge in [0.1, 0.15) is 11.6 Å². The van der Waals surface area contributed by atoms with Crippen LogP contribution in [0.5, 0.6) is 0 Å². The normalized spacial score (nSPS) is 18.6. The highest BCUT2D eigenvalue weighted by atomic mass is 16.6. The van der Waals surface area contributed by atoms with Crippen LogP contribution in [0, 0.1) is 0 Å². The van der Waals surface area contributed by atoms with Gasteiger partial charge in [-0.2, -0.15) is 10.2 Å². The lowest BCUT2D eigenvalue weighted by Crippen LogP contribution is -2.33. The van der Waals surface area contributed by atoms with Crippen molar-refractivity contribution in [1.29, 1.82) is 0 Å². The first-order chi connectivity index (χ1) is 14.4. The monoisotopic (exact) mass is 412 g/mol. The second-order valence-electron chi connectivity index (χ2n) is 7.67. The molecule has 11 nitrogen and oxygen atoms in total. The van der Waals surface area contributed by atoms with E-state index in [2.05, 4.69) is 30.9 Å². The highest BCUT2D eigenvalue weighted by Gasteiger charge is 2.30. The van der Waals surface area contributed by atoms with Crippen LogP contribution < -0.4 is 16.4 Å². The Morgan fingerprint density at radius 1 is 1.33 bits per heavy atom. The van der Waals surface area contributed by atoms with E-state index in [0.717, 1.165) is 25.0 Å². The van der Waals surface area contributed by atoms with Gasteiger partial charge in [0.2, 0.25) is 0 Å². The summed E-state index contributed by atoms with van der Waals surface area (Å²) < 4.78 is 7.02. The highest BCUT2D eigenvalue weighted by molar-refractivity contribution is 5.93. The van der Waals surface area contributed by atoms with E-state index >= 15 is 0 Å². The maximum atomic E-state index is 11.8. The van der Waals surface area contributed by atoms with Crippen molar-refractivity contribution in [3.8, 4) is 0 Å². The lowest BCUT2D eigenvalue weighted by atomic mass is 10.0. The number of nitrogens with one attached hydrogen (secondary N) is 3. The van der Waals surface area contributed by atoms with Crippen LogP contribution in [0.15, 0.2) is 24.5 Å². The number of primary amides is 1. The number of nitrogens with zero attached hydrogens (tertiary/aromatic N) is 4. The second-order valence-corrected chi connectivity index (χ2v) is 7.67. The fraction of sp³-hybridized carbons (Fsp3) is 0.421. The third kappa shape index (κ3) is 4.19. The first kappa shape index (κ1) is 19.7. The summed E-state index contributed by atoms with van der Waals surface area (Å²) in [7, 11) is 0. The Kier molecular flexibility index (Phi) is 5.25. The summed E-state index contributed by atoms with van der Waals surface area (Å²) in [6, 6.07) is 3.54. The summed E-state index contributed by atoms with van der Waals surface area (Å²) in [4.78, 5) is 27.5. The number of alkyl carbamates (subject to hydrolysis) is 1. The molecule has 1 aliphatic carbocycles. The van der Waals surface area contributed by atoms with Gasteiger partial charge in [0.25, 0.3) is 5.91 Å². The number of aromatic nitrogens is 5. The third-order valence-electron chi connectivity index (χ3n) is 4.99. The van der Waals surface area contributed by atoms with E-state index in [-0.39, 0.29) is 29.9 Å². The Morgan fingerprint density at radius 3 is 2.93 bits per heavy atom. The maximum absolute atomic E-state index is 11.8. The molecule has 0 spiro atoms. The minimum Gasteiger partial charge on any atom is -0.446 e. The van der Waals surface area contributed by atoms with Gasteiger partial charge in [-0.05, 0) is 33.1 Å². The summed E-state index contributed by atoms with van der Waals surface area (Å²) in [5.74, 6) is 0.722. The molecule has 0 radical (unpaired) electrons. The predicted octanol–water partition coefficient (Wildman–Crippen LogP) is 2.07.